The number of nitrogens with zero attached hydrogens (tertiary/aromatic N) is 4. The van der Waals surface area contributed by atoms with Crippen LogP contribution in [-0.2, 0) is 14.2 Å². The van der Waals surface area contributed by atoms with E-state index in [-0.39, 0.29) is 17.8 Å². The summed E-state index contributed by atoms with van der Waals surface area (Å²) >= 11 is 0. The number of hydrogen-bond acceptors (Lipinski definition) is 9. The Bertz CT molecular complexity index is 355. The Hall–Kier alpha value is -1.71. The summed E-state index contributed by atoms with van der Waals surface area (Å²) in [5.74, 6) is 0.161. The molecule has 0 aliphatic rings. The number of nitrogens with two attached hydrogens (primary N) is 2. The van der Waals surface area contributed by atoms with Gasteiger partial charge < -0.3 is 25.7 Å². The summed E-state index contributed by atoms with van der Waals surface area (Å²) in [6.45, 7) is 0. The average Bonchev–Trinajstić information content (AvgIpc) is 2.30. The Morgan fingerprint density at radius 3 is 1.71 bits per heavy atom. The van der Waals surface area contributed by atoms with Crippen molar-refractivity contribution in [1.29, 1.82) is 0 Å². The lowest BCUT2D eigenvalue weighted by atomic mass is 10.6. The smallest absolute Gasteiger partial charge is 0.368 e. The monoisotopic (exact) mass is 244 g/mol. The highest BCUT2D eigenvalue weighted by molar-refractivity contribution is 5.39. The summed E-state index contributed by atoms with van der Waals surface area (Å²) in [5.41, 5.74) is 10.9. The van der Waals surface area contributed by atoms with Crippen molar-refractivity contribution in [2.75, 3.05) is 44.7 Å². The Morgan fingerprint density at radius 2 is 1.35 bits per heavy atom. The Morgan fingerprint density at radius 1 is 0.941 bits per heavy atom. The molecule has 0 amide bonds. The first-order chi connectivity index (χ1) is 7.99. The van der Waals surface area contributed by atoms with Gasteiger partial charge in [-0.2, -0.15) is 15.0 Å². The van der Waals surface area contributed by atoms with Gasteiger partial charge in [0.25, 0.3) is 0 Å². The molecule has 0 saturated heterocycles. The Kier molecular flexibility index (Phi) is 3.99. The molecule has 9 nitrogen and oxygen atoms in total. The normalized spacial score (nSPS) is 11.5. The van der Waals surface area contributed by atoms with Crippen LogP contribution in [0.5, 0.6) is 0 Å². The quantitative estimate of drug-likeness (QED) is 0.629. The molecule has 4 N–H and O–H groups in total. The maximum atomic E-state index is 5.47. The first-order valence-corrected chi connectivity index (χ1v) is 4.65. The fourth-order valence-corrected chi connectivity index (χ4v) is 1.33. The molecule has 0 bridgehead atoms. The number of ether oxygens (including phenoxy) is 3. The van der Waals surface area contributed by atoms with E-state index >= 15 is 0 Å². The number of aromatic nitrogens is 3. The molecule has 0 atom stereocenters. The average molecular weight is 244 g/mol. The zero-order valence-corrected chi connectivity index (χ0v) is 10.2. The van der Waals surface area contributed by atoms with Crippen LogP contribution in [0.25, 0.3) is 0 Å². The maximum Gasteiger partial charge on any atom is 0.378 e. The van der Waals surface area contributed by atoms with Crippen LogP contribution in [0.2, 0.25) is 0 Å². The SMILES string of the molecule is COC(OC)(OC)N(C)c1nc(N)nc(N)n1. The molecule has 0 unspecified atom stereocenters. The van der Waals surface area contributed by atoms with Gasteiger partial charge in [-0.3, -0.25) is 4.90 Å². The molecule has 0 spiro atoms. The van der Waals surface area contributed by atoms with Crippen LogP contribution in [0.4, 0.5) is 17.8 Å². The third kappa shape index (κ3) is 2.52. The number of methoxy groups -OCH3 is 3. The molecule has 17 heavy (non-hydrogen) atoms. The summed E-state index contributed by atoms with van der Waals surface area (Å²) in [5, 5.41) is 0. The zero-order valence-electron chi connectivity index (χ0n) is 10.2. The van der Waals surface area contributed by atoms with Crippen LogP contribution >= 0.6 is 0 Å². The van der Waals surface area contributed by atoms with Crippen molar-refractivity contribution in [3.8, 4) is 0 Å². The van der Waals surface area contributed by atoms with Crippen molar-refractivity contribution in [2.45, 2.75) is 6.10 Å². The minimum atomic E-state index is -1.46. The van der Waals surface area contributed by atoms with Crippen LogP contribution in [0.3, 0.4) is 0 Å². The highest BCUT2D eigenvalue weighted by Crippen LogP contribution is 2.22. The van der Waals surface area contributed by atoms with Gasteiger partial charge in [-0.1, -0.05) is 0 Å². The van der Waals surface area contributed by atoms with Gasteiger partial charge in [-0.15, -0.1) is 0 Å². The van der Waals surface area contributed by atoms with Crippen molar-refractivity contribution >= 4 is 17.8 Å². The second-order valence-corrected chi connectivity index (χ2v) is 3.05. The molecular formula is C8H16N6O3. The fourth-order valence-electron chi connectivity index (χ4n) is 1.33. The topological polar surface area (TPSA) is 122 Å². The summed E-state index contributed by atoms with van der Waals surface area (Å²) in [6, 6.07) is 0. The molecule has 96 valence electrons. The van der Waals surface area contributed by atoms with Gasteiger partial charge >= 0.3 is 6.10 Å². The second kappa shape index (κ2) is 5.08. The fraction of sp³-hybridized carbons (Fsp3) is 0.625. The minimum Gasteiger partial charge on any atom is -0.368 e. The van der Waals surface area contributed by atoms with Crippen molar-refractivity contribution in [3.05, 3.63) is 0 Å². The first kappa shape index (κ1) is 13.4. The van der Waals surface area contributed by atoms with Gasteiger partial charge in [0, 0.05) is 28.4 Å². The number of hydrogen-bond donors (Lipinski definition) is 2. The van der Waals surface area contributed by atoms with Gasteiger partial charge in [0.05, 0.1) is 0 Å². The van der Waals surface area contributed by atoms with Crippen molar-refractivity contribution < 1.29 is 14.2 Å². The van der Waals surface area contributed by atoms with E-state index in [1.165, 1.54) is 26.2 Å². The van der Waals surface area contributed by atoms with E-state index < -0.39 is 6.10 Å². The molecular weight excluding hydrogens is 228 g/mol. The second-order valence-electron chi connectivity index (χ2n) is 3.05. The first-order valence-electron chi connectivity index (χ1n) is 4.65. The van der Waals surface area contributed by atoms with E-state index in [0.717, 1.165) is 0 Å². The predicted molar refractivity (Wildman–Crippen MR) is 60.8 cm³/mol. The van der Waals surface area contributed by atoms with Crippen LogP contribution in [0, 0.1) is 0 Å². The van der Waals surface area contributed by atoms with E-state index in [0.29, 0.717) is 0 Å². The molecule has 0 fully saturated rings. The van der Waals surface area contributed by atoms with Crippen molar-refractivity contribution in [2.24, 2.45) is 0 Å². The highest BCUT2D eigenvalue weighted by Gasteiger charge is 2.37. The standard InChI is InChI=1S/C8H16N6O3/c1-14(8(15-2,16-3)17-4)7-12-5(9)11-6(10)13-7/h1-4H3,(H4,9,10,11,12,13). The van der Waals surface area contributed by atoms with Crippen molar-refractivity contribution in [3.63, 3.8) is 0 Å². The Balaban J connectivity index is 3.13. The lowest BCUT2D eigenvalue weighted by molar-refractivity contribution is -0.349. The number of nitrogen functional groups attached to an aromatic ring is 2. The van der Waals surface area contributed by atoms with Crippen molar-refractivity contribution in [1.82, 2.24) is 15.0 Å². The molecule has 0 saturated carbocycles. The van der Waals surface area contributed by atoms with E-state index in [9.17, 15) is 0 Å². The zero-order chi connectivity index (χ0) is 13.1. The molecule has 9 heteroatoms. The molecule has 0 aliphatic heterocycles. The maximum absolute atomic E-state index is 5.47. The summed E-state index contributed by atoms with van der Waals surface area (Å²) in [4.78, 5) is 12.9. The van der Waals surface area contributed by atoms with E-state index in [2.05, 4.69) is 15.0 Å². The number of anilines is 3. The van der Waals surface area contributed by atoms with Gasteiger partial charge in [0.1, 0.15) is 0 Å². The highest BCUT2D eigenvalue weighted by atomic mass is 16.9. The summed E-state index contributed by atoms with van der Waals surface area (Å²) in [7, 11) is 5.84. The molecule has 1 aromatic rings. The Labute approximate surface area is 98.7 Å². The molecule has 1 aromatic heterocycles. The van der Waals surface area contributed by atoms with E-state index in [4.69, 9.17) is 25.7 Å². The molecule has 0 aliphatic carbocycles. The largest absolute Gasteiger partial charge is 0.378 e. The van der Waals surface area contributed by atoms with Crippen LogP contribution in [0.1, 0.15) is 0 Å². The van der Waals surface area contributed by atoms with Gasteiger partial charge in [0.15, 0.2) is 0 Å². The van der Waals surface area contributed by atoms with E-state index in [1.807, 2.05) is 0 Å². The van der Waals surface area contributed by atoms with Crippen LogP contribution in [-0.4, -0.2) is 49.4 Å². The molecule has 0 aromatic carbocycles. The van der Waals surface area contributed by atoms with Crippen LogP contribution in [0.15, 0.2) is 0 Å². The lowest BCUT2D eigenvalue weighted by Crippen LogP contribution is -2.52. The molecule has 1 rings (SSSR count). The third-order valence-corrected chi connectivity index (χ3v) is 2.14. The molecule has 1 heterocycles. The predicted octanol–water partition coefficient (Wildman–Crippen LogP) is -0.977. The van der Waals surface area contributed by atoms with Crippen LogP contribution < -0.4 is 16.4 Å². The van der Waals surface area contributed by atoms with Gasteiger partial charge in [-0.05, 0) is 0 Å². The summed E-state index contributed by atoms with van der Waals surface area (Å²) < 4.78 is 15.4. The number of rotatable bonds is 5. The lowest BCUT2D eigenvalue weighted by Gasteiger charge is -2.36. The van der Waals surface area contributed by atoms with Gasteiger partial charge in [-0.25, -0.2) is 0 Å². The molecule has 0 radical (unpaired) electrons. The minimum absolute atomic E-state index is 0.00319. The third-order valence-electron chi connectivity index (χ3n) is 2.14. The van der Waals surface area contributed by atoms with E-state index in [1.54, 1.807) is 7.05 Å². The van der Waals surface area contributed by atoms with Gasteiger partial charge in [0.2, 0.25) is 17.8 Å². The summed E-state index contributed by atoms with van der Waals surface area (Å²) in [6.07, 6.45) is -1.46.